The smallest absolute Gasteiger partial charge is 0.254 e. The van der Waals surface area contributed by atoms with E-state index in [2.05, 4.69) is 22.1 Å². The van der Waals surface area contributed by atoms with Crippen molar-refractivity contribution in [2.45, 2.75) is 70.0 Å². The SMILES string of the molecule is CCC(CCCC1COc2c(Cl)cc(C(=O)NCc3c(SC)cc(C)[nH]c3=O)c(C)c2O1)N1CC2(COC2)C1. The zero-order chi connectivity index (χ0) is 27.7. The lowest BCUT2D eigenvalue weighted by Gasteiger charge is -2.57. The fraction of sp³-hybridized carbons (Fsp3) is 0.586. The van der Waals surface area contributed by atoms with Crippen LogP contribution in [0.5, 0.6) is 11.5 Å². The minimum Gasteiger partial charge on any atom is -0.484 e. The lowest BCUT2D eigenvalue weighted by atomic mass is 9.76. The zero-order valence-corrected chi connectivity index (χ0v) is 24.7. The van der Waals surface area contributed by atoms with E-state index in [0.29, 0.717) is 51.3 Å². The van der Waals surface area contributed by atoms with Crippen LogP contribution in [0.3, 0.4) is 0 Å². The Morgan fingerprint density at radius 3 is 2.72 bits per heavy atom. The number of carbonyl (C=O) groups excluding carboxylic acids is 1. The van der Waals surface area contributed by atoms with Gasteiger partial charge in [-0.25, -0.2) is 0 Å². The molecule has 4 heterocycles. The second-order valence-corrected chi connectivity index (χ2v) is 12.4. The van der Waals surface area contributed by atoms with Crippen LogP contribution < -0.4 is 20.3 Å². The van der Waals surface area contributed by atoms with Gasteiger partial charge in [-0.2, -0.15) is 0 Å². The second-order valence-electron chi connectivity index (χ2n) is 11.1. The number of aromatic amines is 1. The zero-order valence-electron chi connectivity index (χ0n) is 23.2. The molecular weight excluding hydrogens is 538 g/mol. The van der Waals surface area contributed by atoms with Gasteiger partial charge in [-0.1, -0.05) is 18.5 Å². The summed E-state index contributed by atoms with van der Waals surface area (Å²) in [5, 5.41) is 3.23. The summed E-state index contributed by atoms with van der Waals surface area (Å²) in [5.74, 6) is 0.704. The molecule has 2 aromatic rings. The van der Waals surface area contributed by atoms with Crippen molar-refractivity contribution < 1.29 is 19.0 Å². The molecule has 2 saturated heterocycles. The third-order valence-corrected chi connectivity index (χ3v) is 9.29. The fourth-order valence-corrected chi connectivity index (χ4v) is 6.86. The normalized spacial score (nSPS) is 20.3. The van der Waals surface area contributed by atoms with Crippen LogP contribution in [-0.2, 0) is 11.3 Å². The van der Waals surface area contributed by atoms with Gasteiger partial charge in [0.1, 0.15) is 12.7 Å². The lowest BCUT2D eigenvalue weighted by molar-refractivity contribution is -0.199. The third kappa shape index (κ3) is 5.82. The van der Waals surface area contributed by atoms with Crippen LogP contribution >= 0.6 is 23.4 Å². The Morgan fingerprint density at radius 1 is 1.28 bits per heavy atom. The van der Waals surface area contributed by atoms with Gasteiger partial charge < -0.3 is 24.5 Å². The first kappa shape index (κ1) is 28.3. The number of aryl methyl sites for hydroxylation is 1. The van der Waals surface area contributed by atoms with Crippen molar-refractivity contribution in [3.8, 4) is 11.5 Å². The summed E-state index contributed by atoms with van der Waals surface area (Å²) in [6.07, 6.45) is 5.99. The molecule has 3 aliphatic heterocycles. The molecule has 2 unspecified atom stereocenters. The monoisotopic (exact) mass is 575 g/mol. The molecule has 2 fully saturated rings. The summed E-state index contributed by atoms with van der Waals surface area (Å²) in [7, 11) is 0. The van der Waals surface area contributed by atoms with Gasteiger partial charge in [-0.15, -0.1) is 11.8 Å². The summed E-state index contributed by atoms with van der Waals surface area (Å²) in [6, 6.07) is 4.11. The maximum absolute atomic E-state index is 13.2. The van der Waals surface area contributed by atoms with E-state index in [4.69, 9.17) is 25.8 Å². The van der Waals surface area contributed by atoms with Crippen LogP contribution in [0.15, 0.2) is 21.8 Å². The molecule has 3 aliphatic rings. The highest BCUT2D eigenvalue weighted by Crippen LogP contribution is 2.44. The molecule has 212 valence electrons. The van der Waals surface area contributed by atoms with Crippen molar-refractivity contribution in [3.63, 3.8) is 0 Å². The molecule has 0 bridgehead atoms. The van der Waals surface area contributed by atoms with E-state index in [0.717, 1.165) is 62.6 Å². The van der Waals surface area contributed by atoms with Crippen molar-refractivity contribution in [1.82, 2.24) is 15.2 Å². The van der Waals surface area contributed by atoms with Gasteiger partial charge in [0.25, 0.3) is 11.5 Å². The number of amides is 1. The number of benzene rings is 1. The molecule has 10 heteroatoms. The van der Waals surface area contributed by atoms with Crippen molar-refractivity contribution in [1.29, 1.82) is 0 Å². The first-order chi connectivity index (χ1) is 18.7. The van der Waals surface area contributed by atoms with E-state index in [1.54, 1.807) is 6.07 Å². The molecule has 2 N–H and O–H groups in total. The van der Waals surface area contributed by atoms with Crippen LogP contribution in [-0.4, -0.2) is 67.1 Å². The van der Waals surface area contributed by atoms with Gasteiger partial charge in [0.05, 0.1) is 18.2 Å². The number of nitrogens with zero attached hydrogens (tertiary/aromatic N) is 1. The van der Waals surface area contributed by atoms with Gasteiger partial charge >= 0.3 is 0 Å². The maximum Gasteiger partial charge on any atom is 0.254 e. The second kappa shape index (κ2) is 11.7. The number of aromatic nitrogens is 1. The average molecular weight is 576 g/mol. The summed E-state index contributed by atoms with van der Waals surface area (Å²) >= 11 is 8.00. The van der Waals surface area contributed by atoms with E-state index in [-0.39, 0.29) is 24.1 Å². The lowest BCUT2D eigenvalue weighted by Crippen LogP contribution is -2.67. The van der Waals surface area contributed by atoms with E-state index in [9.17, 15) is 9.59 Å². The molecule has 1 spiro atoms. The molecule has 39 heavy (non-hydrogen) atoms. The Kier molecular flexibility index (Phi) is 8.52. The van der Waals surface area contributed by atoms with Gasteiger partial charge in [-0.3, -0.25) is 14.5 Å². The van der Waals surface area contributed by atoms with Crippen LogP contribution in [0.2, 0.25) is 5.02 Å². The number of rotatable bonds is 10. The molecular formula is C29H38ClN3O5S. The first-order valence-electron chi connectivity index (χ1n) is 13.7. The minimum atomic E-state index is -0.315. The Bertz CT molecular complexity index is 1290. The number of thioether (sulfide) groups is 1. The molecule has 0 aliphatic carbocycles. The predicted molar refractivity (Wildman–Crippen MR) is 154 cm³/mol. The molecule has 2 atom stereocenters. The Hall–Kier alpha value is -2.20. The van der Waals surface area contributed by atoms with Crippen LogP contribution in [0.25, 0.3) is 0 Å². The van der Waals surface area contributed by atoms with Crippen LogP contribution in [0, 0.1) is 19.3 Å². The van der Waals surface area contributed by atoms with E-state index < -0.39 is 0 Å². The summed E-state index contributed by atoms with van der Waals surface area (Å²) in [5.41, 5.74) is 2.64. The largest absolute Gasteiger partial charge is 0.484 e. The van der Waals surface area contributed by atoms with Gasteiger partial charge in [0, 0.05) is 58.4 Å². The topological polar surface area (TPSA) is 92.9 Å². The number of H-pyrrole nitrogens is 1. The van der Waals surface area contributed by atoms with Gasteiger partial charge in [0.15, 0.2) is 11.5 Å². The number of nitrogens with one attached hydrogen (secondary N) is 2. The Labute approximate surface area is 239 Å². The van der Waals surface area contributed by atoms with Crippen molar-refractivity contribution >= 4 is 29.3 Å². The highest BCUT2D eigenvalue weighted by Gasteiger charge is 2.50. The number of carbonyl (C=O) groups is 1. The van der Waals surface area contributed by atoms with Crippen molar-refractivity contribution in [2.75, 3.05) is 39.2 Å². The summed E-state index contributed by atoms with van der Waals surface area (Å²) in [6.45, 7) is 10.6. The minimum absolute atomic E-state index is 0.0962. The van der Waals surface area contributed by atoms with Crippen LogP contribution in [0.1, 0.15) is 59.8 Å². The number of halogens is 1. The predicted octanol–water partition coefficient (Wildman–Crippen LogP) is 4.72. The van der Waals surface area contributed by atoms with Gasteiger partial charge in [0.2, 0.25) is 0 Å². The molecule has 1 amide bonds. The van der Waals surface area contributed by atoms with Crippen molar-refractivity contribution in [2.24, 2.45) is 5.41 Å². The molecule has 8 nitrogen and oxygen atoms in total. The average Bonchev–Trinajstić information content (AvgIpc) is 2.86. The highest BCUT2D eigenvalue weighted by molar-refractivity contribution is 7.98. The molecule has 1 aromatic heterocycles. The van der Waals surface area contributed by atoms with E-state index >= 15 is 0 Å². The number of fused-ring (bicyclic) bond motifs is 1. The standard InChI is InChI=1S/C29H38ClN3O5S/c1-5-19(33-13-29(14-33)15-36-16-29)7-6-8-20-12-37-26-23(30)10-21(18(3)25(26)38-20)27(34)31-11-22-24(39-4)9-17(2)32-28(22)35/h9-10,19-20H,5-8,11-16H2,1-4H3,(H,31,34)(H,32,35). The van der Waals surface area contributed by atoms with Crippen molar-refractivity contribution in [3.05, 3.63) is 49.9 Å². The molecule has 5 rings (SSSR count). The highest BCUT2D eigenvalue weighted by atomic mass is 35.5. The number of hydrogen-bond acceptors (Lipinski definition) is 7. The van der Waals surface area contributed by atoms with E-state index in [1.807, 2.05) is 26.2 Å². The van der Waals surface area contributed by atoms with Crippen LogP contribution in [0.4, 0.5) is 0 Å². The Morgan fingerprint density at radius 2 is 2.05 bits per heavy atom. The number of pyridine rings is 1. The number of ether oxygens (including phenoxy) is 3. The summed E-state index contributed by atoms with van der Waals surface area (Å²) < 4.78 is 17.8. The Balaban J connectivity index is 1.20. The third-order valence-electron chi connectivity index (χ3n) is 8.20. The number of hydrogen-bond donors (Lipinski definition) is 2. The van der Waals surface area contributed by atoms with E-state index in [1.165, 1.54) is 11.8 Å². The number of likely N-dealkylation sites (tertiary alicyclic amines) is 1. The maximum atomic E-state index is 13.2. The first-order valence-corrected chi connectivity index (χ1v) is 15.3. The molecule has 0 radical (unpaired) electrons. The van der Waals surface area contributed by atoms with Gasteiger partial charge in [-0.05, 0) is 57.9 Å². The molecule has 1 aromatic carbocycles. The quantitative estimate of drug-likeness (QED) is 0.396. The fourth-order valence-electron chi connectivity index (χ4n) is 5.91. The molecule has 0 saturated carbocycles. The summed E-state index contributed by atoms with van der Waals surface area (Å²) in [4.78, 5) is 31.9.